The molecular formula is C12H20O5. The van der Waals surface area contributed by atoms with Crippen molar-refractivity contribution in [2.24, 2.45) is 5.92 Å². The van der Waals surface area contributed by atoms with Gasteiger partial charge in [-0.3, -0.25) is 4.79 Å². The maximum Gasteiger partial charge on any atom is 0.303 e. The molecule has 0 spiro atoms. The minimum Gasteiger partial charge on any atom is -0.459 e. The van der Waals surface area contributed by atoms with E-state index in [0.717, 1.165) is 0 Å². The Balaban J connectivity index is 2.18. The standard InChI is InChI=1S/C12H20O5/c1-6-7(2)14-11-10(9(6)15-8(3)13)16-12(4,5)17-11/h6-7,9-11H,1-5H3/t6-,7?,9?,10-,11+/m0/s1. The van der Waals surface area contributed by atoms with Crippen LogP contribution in [0, 0.1) is 5.92 Å². The van der Waals surface area contributed by atoms with Crippen molar-refractivity contribution in [2.75, 3.05) is 0 Å². The molecular weight excluding hydrogens is 224 g/mol. The number of fused-ring (bicyclic) bond motifs is 1. The number of rotatable bonds is 1. The van der Waals surface area contributed by atoms with Gasteiger partial charge in [-0.05, 0) is 20.8 Å². The summed E-state index contributed by atoms with van der Waals surface area (Å²) in [7, 11) is 0. The molecule has 0 saturated carbocycles. The molecule has 0 bridgehead atoms. The van der Waals surface area contributed by atoms with Crippen LogP contribution in [0.25, 0.3) is 0 Å². The Kier molecular flexibility index (Phi) is 3.18. The van der Waals surface area contributed by atoms with Crippen LogP contribution in [0.2, 0.25) is 0 Å². The Labute approximate surface area is 101 Å². The molecule has 2 heterocycles. The molecule has 98 valence electrons. The number of hydrogen-bond donors (Lipinski definition) is 0. The van der Waals surface area contributed by atoms with Gasteiger partial charge >= 0.3 is 5.97 Å². The molecule has 2 saturated heterocycles. The number of ether oxygens (including phenoxy) is 4. The summed E-state index contributed by atoms with van der Waals surface area (Å²) in [4.78, 5) is 11.2. The van der Waals surface area contributed by atoms with Gasteiger partial charge in [-0.15, -0.1) is 0 Å². The van der Waals surface area contributed by atoms with Crippen molar-refractivity contribution in [1.82, 2.24) is 0 Å². The zero-order chi connectivity index (χ0) is 12.8. The van der Waals surface area contributed by atoms with E-state index in [9.17, 15) is 4.79 Å². The Bertz CT molecular complexity index is 314. The zero-order valence-electron chi connectivity index (χ0n) is 10.9. The van der Waals surface area contributed by atoms with Crippen molar-refractivity contribution < 1.29 is 23.7 Å². The highest BCUT2D eigenvalue weighted by Gasteiger charge is 2.53. The topological polar surface area (TPSA) is 54.0 Å². The quantitative estimate of drug-likeness (QED) is 0.653. The SMILES string of the molecule is CC(=O)OC1[C@@H](C)C(C)O[C@@H]2OC(C)(C)O[C@@H]12. The van der Waals surface area contributed by atoms with E-state index in [4.69, 9.17) is 18.9 Å². The van der Waals surface area contributed by atoms with E-state index in [1.54, 1.807) is 0 Å². The van der Waals surface area contributed by atoms with E-state index in [1.807, 2.05) is 27.7 Å². The summed E-state index contributed by atoms with van der Waals surface area (Å²) in [6, 6.07) is 0. The molecule has 2 fully saturated rings. The van der Waals surface area contributed by atoms with Crippen LogP contribution in [0.1, 0.15) is 34.6 Å². The molecule has 2 aliphatic heterocycles. The van der Waals surface area contributed by atoms with Gasteiger partial charge in [-0.1, -0.05) is 6.92 Å². The van der Waals surface area contributed by atoms with Gasteiger partial charge in [0.2, 0.25) is 0 Å². The Morgan fingerprint density at radius 2 is 1.88 bits per heavy atom. The van der Waals surface area contributed by atoms with Crippen LogP contribution >= 0.6 is 0 Å². The van der Waals surface area contributed by atoms with Crippen molar-refractivity contribution in [3.05, 3.63) is 0 Å². The first-order valence-electron chi connectivity index (χ1n) is 5.98. The third-order valence-corrected chi connectivity index (χ3v) is 3.32. The first-order valence-corrected chi connectivity index (χ1v) is 5.98. The van der Waals surface area contributed by atoms with Crippen LogP contribution in [-0.2, 0) is 23.7 Å². The monoisotopic (exact) mass is 244 g/mol. The lowest BCUT2D eigenvalue weighted by Gasteiger charge is -2.39. The second kappa shape index (κ2) is 4.23. The summed E-state index contributed by atoms with van der Waals surface area (Å²) in [6.07, 6.45) is -1.15. The van der Waals surface area contributed by atoms with Crippen LogP contribution in [0.4, 0.5) is 0 Å². The van der Waals surface area contributed by atoms with E-state index in [0.29, 0.717) is 0 Å². The highest BCUT2D eigenvalue weighted by Crippen LogP contribution is 2.39. The third-order valence-electron chi connectivity index (χ3n) is 3.32. The fourth-order valence-electron chi connectivity index (χ4n) is 2.35. The van der Waals surface area contributed by atoms with E-state index in [2.05, 4.69) is 0 Å². The average molecular weight is 244 g/mol. The lowest BCUT2D eigenvalue weighted by Crippen LogP contribution is -2.52. The zero-order valence-corrected chi connectivity index (χ0v) is 10.9. The van der Waals surface area contributed by atoms with E-state index < -0.39 is 12.1 Å². The molecule has 5 heteroatoms. The Morgan fingerprint density at radius 3 is 2.47 bits per heavy atom. The molecule has 0 N–H and O–H groups in total. The van der Waals surface area contributed by atoms with Gasteiger partial charge in [0.1, 0.15) is 12.2 Å². The lowest BCUT2D eigenvalue weighted by atomic mass is 9.91. The molecule has 17 heavy (non-hydrogen) atoms. The van der Waals surface area contributed by atoms with Crippen LogP contribution in [-0.4, -0.2) is 36.4 Å². The summed E-state index contributed by atoms with van der Waals surface area (Å²) in [5.41, 5.74) is 0. The fraction of sp³-hybridized carbons (Fsp3) is 0.917. The van der Waals surface area contributed by atoms with Crippen molar-refractivity contribution in [3.63, 3.8) is 0 Å². The number of hydrogen-bond acceptors (Lipinski definition) is 5. The Hall–Kier alpha value is -0.650. The van der Waals surface area contributed by atoms with Gasteiger partial charge in [0, 0.05) is 12.8 Å². The van der Waals surface area contributed by atoms with Gasteiger partial charge in [0.15, 0.2) is 12.1 Å². The number of esters is 1. The normalized spacial score (nSPS) is 44.2. The van der Waals surface area contributed by atoms with E-state index >= 15 is 0 Å². The largest absolute Gasteiger partial charge is 0.459 e. The maximum atomic E-state index is 11.2. The molecule has 0 aromatic carbocycles. The van der Waals surface area contributed by atoms with Crippen LogP contribution in [0.15, 0.2) is 0 Å². The maximum absolute atomic E-state index is 11.2. The van der Waals surface area contributed by atoms with Gasteiger partial charge < -0.3 is 18.9 Å². The summed E-state index contributed by atoms with van der Waals surface area (Å²) in [5.74, 6) is -0.919. The van der Waals surface area contributed by atoms with Crippen LogP contribution in [0.3, 0.4) is 0 Å². The molecule has 0 aromatic rings. The predicted octanol–water partition coefficient (Wildman–Crippen LogP) is 1.45. The molecule has 5 nitrogen and oxygen atoms in total. The molecule has 2 aliphatic rings. The minimum absolute atomic E-state index is 0.0295. The molecule has 0 aliphatic carbocycles. The van der Waals surface area contributed by atoms with Crippen molar-refractivity contribution in [3.8, 4) is 0 Å². The molecule has 2 rings (SSSR count). The first-order chi connectivity index (χ1) is 7.80. The summed E-state index contributed by atoms with van der Waals surface area (Å²) in [5, 5.41) is 0. The smallest absolute Gasteiger partial charge is 0.303 e. The van der Waals surface area contributed by atoms with Crippen molar-refractivity contribution >= 4 is 5.97 Å². The highest BCUT2D eigenvalue weighted by atomic mass is 16.8. The number of carbonyl (C=O) groups is 1. The Morgan fingerprint density at radius 1 is 1.24 bits per heavy atom. The summed E-state index contributed by atoms with van der Waals surface area (Å²) >= 11 is 0. The molecule has 2 unspecified atom stereocenters. The third kappa shape index (κ3) is 2.46. The minimum atomic E-state index is -0.697. The second-order valence-electron chi connectivity index (χ2n) is 5.24. The van der Waals surface area contributed by atoms with Crippen LogP contribution in [0.5, 0.6) is 0 Å². The first kappa shape index (κ1) is 12.8. The van der Waals surface area contributed by atoms with Gasteiger partial charge in [0.05, 0.1) is 6.10 Å². The van der Waals surface area contributed by atoms with Gasteiger partial charge in [-0.2, -0.15) is 0 Å². The molecule has 0 radical (unpaired) electrons. The van der Waals surface area contributed by atoms with Crippen molar-refractivity contribution in [1.29, 1.82) is 0 Å². The van der Waals surface area contributed by atoms with E-state index in [-0.39, 0.29) is 30.2 Å². The fourth-order valence-corrected chi connectivity index (χ4v) is 2.35. The highest BCUT2D eigenvalue weighted by molar-refractivity contribution is 5.66. The summed E-state index contributed by atoms with van der Waals surface area (Å²) in [6.45, 7) is 9.00. The van der Waals surface area contributed by atoms with Crippen LogP contribution < -0.4 is 0 Å². The van der Waals surface area contributed by atoms with E-state index in [1.165, 1.54) is 6.92 Å². The molecule has 0 amide bonds. The summed E-state index contributed by atoms with van der Waals surface area (Å²) < 4.78 is 22.5. The lowest BCUT2D eigenvalue weighted by molar-refractivity contribution is -0.234. The molecule has 0 aromatic heterocycles. The van der Waals surface area contributed by atoms with Gasteiger partial charge in [0.25, 0.3) is 0 Å². The van der Waals surface area contributed by atoms with Crippen molar-refractivity contribution in [2.45, 2.75) is 65.0 Å². The molecule has 5 atom stereocenters. The average Bonchev–Trinajstić information content (AvgIpc) is 2.47. The predicted molar refractivity (Wildman–Crippen MR) is 59.1 cm³/mol. The number of carbonyl (C=O) groups excluding carboxylic acids is 1. The van der Waals surface area contributed by atoms with Gasteiger partial charge in [-0.25, -0.2) is 0 Å². The second-order valence-corrected chi connectivity index (χ2v) is 5.24.